The van der Waals surface area contributed by atoms with Gasteiger partial charge in [-0.05, 0) is 43.5 Å². The molecule has 0 saturated heterocycles. The second kappa shape index (κ2) is 7.10. The number of rotatable bonds is 4. The first-order chi connectivity index (χ1) is 11.3. The lowest BCUT2D eigenvalue weighted by Gasteiger charge is -2.06. The van der Waals surface area contributed by atoms with E-state index >= 15 is 0 Å². The molecule has 0 aliphatic carbocycles. The van der Waals surface area contributed by atoms with Crippen LogP contribution in [0.5, 0.6) is 5.75 Å². The molecule has 0 spiro atoms. The maximum absolute atomic E-state index is 9.55. The molecule has 0 fully saturated rings. The molecule has 0 N–H and O–H groups in total. The number of hydrogen-bond acceptors (Lipinski definition) is 4. The molecule has 5 nitrogen and oxygen atoms in total. The molecule has 1 aliphatic heterocycles. The van der Waals surface area contributed by atoms with Crippen LogP contribution in [0.3, 0.4) is 0 Å². The van der Waals surface area contributed by atoms with Crippen molar-refractivity contribution in [2.75, 3.05) is 6.61 Å². The van der Waals surface area contributed by atoms with Crippen LogP contribution in [0.15, 0.2) is 24.3 Å². The minimum atomic E-state index is 0.551. The van der Waals surface area contributed by atoms with Crippen LogP contribution in [0.4, 0.5) is 0 Å². The van der Waals surface area contributed by atoms with Crippen LogP contribution >= 0.6 is 0 Å². The molecule has 0 unspecified atom stereocenters. The molecule has 1 aromatic carbocycles. The van der Waals surface area contributed by atoms with Crippen molar-refractivity contribution in [3.8, 4) is 11.8 Å². The molecule has 0 saturated carbocycles. The van der Waals surface area contributed by atoms with Gasteiger partial charge in [0.1, 0.15) is 17.6 Å². The summed E-state index contributed by atoms with van der Waals surface area (Å²) < 4.78 is 7.53. The zero-order chi connectivity index (χ0) is 16.1. The second-order valence-corrected chi connectivity index (χ2v) is 5.57. The van der Waals surface area contributed by atoms with Crippen LogP contribution in [0.25, 0.3) is 11.6 Å². The summed E-state index contributed by atoms with van der Waals surface area (Å²) in [7, 11) is 0. The van der Waals surface area contributed by atoms with Gasteiger partial charge >= 0.3 is 0 Å². The molecule has 0 radical (unpaired) electrons. The summed E-state index contributed by atoms with van der Waals surface area (Å²) in [5.74, 6) is 2.50. The zero-order valence-electron chi connectivity index (χ0n) is 13.3. The molecule has 0 atom stereocenters. The quantitative estimate of drug-likeness (QED) is 0.811. The monoisotopic (exact) mass is 308 g/mol. The Morgan fingerprint density at radius 2 is 2.09 bits per heavy atom. The first kappa shape index (κ1) is 15.3. The van der Waals surface area contributed by atoms with Crippen molar-refractivity contribution in [3.05, 3.63) is 41.5 Å². The Morgan fingerprint density at radius 1 is 1.26 bits per heavy atom. The van der Waals surface area contributed by atoms with Crippen LogP contribution in [-0.2, 0) is 13.0 Å². The van der Waals surface area contributed by atoms with Gasteiger partial charge in [-0.15, -0.1) is 10.2 Å². The molecule has 3 rings (SSSR count). The fourth-order valence-electron chi connectivity index (χ4n) is 2.82. The number of aryl methyl sites for hydroxylation is 1. The van der Waals surface area contributed by atoms with Crippen molar-refractivity contribution in [2.45, 2.75) is 39.2 Å². The highest BCUT2D eigenvalue weighted by atomic mass is 16.5. The molecule has 0 amide bonds. The number of allylic oxidation sites excluding steroid dienone is 1. The van der Waals surface area contributed by atoms with E-state index in [1.807, 2.05) is 37.3 Å². The average molecular weight is 308 g/mol. The number of benzene rings is 1. The Hall–Kier alpha value is -2.61. The Labute approximate surface area is 136 Å². The van der Waals surface area contributed by atoms with Crippen molar-refractivity contribution in [3.63, 3.8) is 0 Å². The van der Waals surface area contributed by atoms with E-state index < -0.39 is 0 Å². The van der Waals surface area contributed by atoms with Crippen LogP contribution in [0, 0.1) is 11.3 Å². The molecule has 0 bridgehead atoms. The van der Waals surface area contributed by atoms with Crippen LogP contribution < -0.4 is 4.74 Å². The summed E-state index contributed by atoms with van der Waals surface area (Å²) in [6, 6.07) is 9.99. The minimum absolute atomic E-state index is 0.551. The number of nitrogens with zero attached hydrogens (tertiary/aromatic N) is 4. The van der Waals surface area contributed by atoms with E-state index in [9.17, 15) is 5.26 Å². The fourth-order valence-corrected chi connectivity index (χ4v) is 2.82. The lowest BCUT2D eigenvalue weighted by atomic mass is 10.1. The zero-order valence-corrected chi connectivity index (χ0v) is 13.3. The van der Waals surface area contributed by atoms with E-state index in [4.69, 9.17) is 4.74 Å². The Balaban J connectivity index is 1.90. The summed E-state index contributed by atoms with van der Waals surface area (Å²) in [6.07, 6.45) is 6.25. The van der Waals surface area contributed by atoms with Gasteiger partial charge in [-0.2, -0.15) is 5.26 Å². The van der Waals surface area contributed by atoms with Crippen molar-refractivity contribution < 1.29 is 4.74 Å². The number of hydrogen-bond donors (Lipinski definition) is 0. The van der Waals surface area contributed by atoms with Gasteiger partial charge in [-0.25, -0.2) is 0 Å². The molecule has 5 heteroatoms. The Morgan fingerprint density at radius 3 is 2.83 bits per heavy atom. The average Bonchev–Trinajstić information content (AvgIpc) is 2.83. The number of nitriles is 1. The van der Waals surface area contributed by atoms with Gasteiger partial charge in [0, 0.05) is 13.0 Å². The molecule has 2 aromatic rings. The van der Waals surface area contributed by atoms with Gasteiger partial charge in [0.2, 0.25) is 0 Å². The lowest BCUT2D eigenvalue weighted by molar-refractivity contribution is 0.340. The van der Waals surface area contributed by atoms with E-state index in [2.05, 4.69) is 20.8 Å². The summed E-state index contributed by atoms with van der Waals surface area (Å²) in [5.41, 5.74) is 1.51. The molecular weight excluding hydrogens is 288 g/mol. The van der Waals surface area contributed by atoms with E-state index in [0.717, 1.165) is 42.9 Å². The standard InChI is InChI=1S/C18H20N4O/c1-2-23-16-9-7-14(8-10-16)12-15(13-19)18-21-20-17-6-4-3-5-11-22(17)18/h7-10,12H,2-6,11H2,1H3. The third-order valence-electron chi connectivity index (χ3n) is 3.97. The van der Waals surface area contributed by atoms with Crippen molar-refractivity contribution in [2.24, 2.45) is 0 Å². The third-order valence-corrected chi connectivity index (χ3v) is 3.97. The first-order valence-electron chi connectivity index (χ1n) is 8.09. The second-order valence-electron chi connectivity index (χ2n) is 5.57. The third kappa shape index (κ3) is 3.42. The van der Waals surface area contributed by atoms with Crippen molar-refractivity contribution in [1.82, 2.24) is 14.8 Å². The van der Waals surface area contributed by atoms with Gasteiger partial charge in [0.05, 0.1) is 12.2 Å². The summed E-state index contributed by atoms with van der Waals surface area (Å²) in [4.78, 5) is 0. The molecule has 1 aliphatic rings. The van der Waals surface area contributed by atoms with E-state index in [-0.39, 0.29) is 0 Å². The van der Waals surface area contributed by atoms with Gasteiger partial charge in [0.25, 0.3) is 0 Å². The minimum Gasteiger partial charge on any atom is -0.494 e. The van der Waals surface area contributed by atoms with Crippen molar-refractivity contribution in [1.29, 1.82) is 5.26 Å². The number of fused-ring (bicyclic) bond motifs is 1. The highest BCUT2D eigenvalue weighted by Gasteiger charge is 2.17. The Bertz CT molecular complexity index is 737. The fraction of sp³-hybridized carbons (Fsp3) is 0.389. The van der Waals surface area contributed by atoms with Crippen LogP contribution in [-0.4, -0.2) is 21.4 Å². The van der Waals surface area contributed by atoms with Gasteiger partial charge in [0.15, 0.2) is 5.82 Å². The SMILES string of the molecule is CCOc1ccc(C=C(C#N)c2nnc3n2CCCCC3)cc1. The largest absolute Gasteiger partial charge is 0.494 e. The van der Waals surface area contributed by atoms with Crippen LogP contribution in [0.1, 0.15) is 43.4 Å². The highest BCUT2D eigenvalue weighted by Crippen LogP contribution is 2.22. The maximum Gasteiger partial charge on any atom is 0.174 e. The molecule has 118 valence electrons. The summed E-state index contributed by atoms with van der Waals surface area (Å²) in [5, 5.41) is 18.1. The normalized spacial score (nSPS) is 14.7. The van der Waals surface area contributed by atoms with Gasteiger partial charge in [-0.1, -0.05) is 18.6 Å². The number of aromatic nitrogens is 3. The molecule has 23 heavy (non-hydrogen) atoms. The molecule has 1 aromatic heterocycles. The predicted octanol–water partition coefficient (Wildman–Crippen LogP) is 3.47. The van der Waals surface area contributed by atoms with Crippen LogP contribution in [0.2, 0.25) is 0 Å². The van der Waals surface area contributed by atoms with Crippen molar-refractivity contribution >= 4 is 11.6 Å². The summed E-state index contributed by atoms with van der Waals surface area (Å²) in [6.45, 7) is 3.49. The topological polar surface area (TPSA) is 63.7 Å². The van der Waals surface area contributed by atoms with E-state index in [0.29, 0.717) is 18.0 Å². The molecule has 2 heterocycles. The first-order valence-corrected chi connectivity index (χ1v) is 8.09. The highest BCUT2D eigenvalue weighted by molar-refractivity contribution is 5.87. The molecular formula is C18H20N4O. The summed E-state index contributed by atoms with van der Waals surface area (Å²) >= 11 is 0. The maximum atomic E-state index is 9.55. The predicted molar refractivity (Wildman–Crippen MR) is 88.7 cm³/mol. The Kier molecular flexibility index (Phi) is 4.72. The lowest BCUT2D eigenvalue weighted by Crippen LogP contribution is -2.05. The van der Waals surface area contributed by atoms with Gasteiger partial charge < -0.3 is 9.30 Å². The van der Waals surface area contributed by atoms with Gasteiger partial charge in [-0.3, -0.25) is 0 Å². The smallest absolute Gasteiger partial charge is 0.174 e. The number of ether oxygens (including phenoxy) is 1. The van der Waals surface area contributed by atoms with E-state index in [1.54, 1.807) is 0 Å². The van der Waals surface area contributed by atoms with E-state index in [1.165, 1.54) is 6.42 Å².